The van der Waals surface area contributed by atoms with Crippen LogP contribution < -0.4 is 10.1 Å². The van der Waals surface area contributed by atoms with Gasteiger partial charge in [-0.2, -0.15) is 0 Å². The SMILES string of the molecule is CCCC/C(=C\c1cc2cc(Br)ccc2nc1NCc1ccc(OC)cc1)CCC. The predicted octanol–water partition coefficient (Wildman–Crippen LogP) is 7.99. The van der Waals surface area contributed by atoms with Crippen LogP contribution in [0.1, 0.15) is 57.1 Å². The van der Waals surface area contributed by atoms with Gasteiger partial charge in [-0.05, 0) is 61.2 Å². The molecule has 0 amide bonds. The summed E-state index contributed by atoms with van der Waals surface area (Å²) in [5.74, 6) is 1.81. The molecule has 2 aromatic carbocycles. The monoisotopic (exact) mass is 466 g/mol. The average molecular weight is 467 g/mol. The molecule has 0 saturated heterocycles. The van der Waals surface area contributed by atoms with E-state index in [2.05, 4.69) is 71.5 Å². The van der Waals surface area contributed by atoms with Crippen molar-refractivity contribution < 1.29 is 4.74 Å². The summed E-state index contributed by atoms with van der Waals surface area (Å²) in [4.78, 5) is 4.96. The second kappa shape index (κ2) is 11.2. The van der Waals surface area contributed by atoms with Gasteiger partial charge in [-0.1, -0.05) is 66.4 Å². The van der Waals surface area contributed by atoms with Gasteiger partial charge < -0.3 is 10.1 Å². The predicted molar refractivity (Wildman–Crippen MR) is 132 cm³/mol. The number of benzene rings is 2. The fraction of sp³-hybridized carbons (Fsp3) is 0.346. The molecule has 4 heteroatoms. The Morgan fingerprint density at radius 2 is 1.83 bits per heavy atom. The molecule has 0 bridgehead atoms. The van der Waals surface area contributed by atoms with Gasteiger partial charge in [-0.3, -0.25) is 0 Å². The molecule has 0 aliphatic heterocycles. The van der Waals surface area contributed by atoms with Gasteiger partial charge in [0.1, 0.15) is 11.6 Å². The summed E-state index contributed by atoms with van der Waals surface area (Å²) >= 11 is 3.59. The van der Waals surface area contributed by atoms with Crippen LogP contribution >= 0.6 is 15.9 Å². The highest BCUT2D eigenvalue weighted by Gasteiger charge is 2.08. The average Bonchev–Trinajstić information content (AvgIpc) is 2.76. The first-order chi connectivity index (χ1) is 14.6. The molecule has 1 N–H and O–H groups in total. The molecule has 3 rings (SSSR count). The Morgan fingerprint density at radius 1 is 1.03 bits per heavy atom. The van der Waals surface area contributed by atoms with E-state index < -0.39 is 0 Å². The van der Waals surface area contributed by atoms with Crippen molar-refractivity contribution in [1.82, 2.24) is 4.98 Å². The topological polar surface area (TPSA) is 34.2 Å². The van der Waals surface area contributed by atoms with E-state index in [1.807, 2.05) is 18.2 Å². The van der Waals surface area contributed by atoms with Crippen LogP contribution in [0.4, 0.5) is 5.82 Å². The number of methoxy groups -OCH3 is 1. The van der Waals surface area contributed by atoms with E-state index in [1.54, 1.807) is 7.11 Å². The van der Waals surface area contributed by atoms with Crippen molar-refractivity contribution >= 4 is 38.7 Å². The lowest BCUT2D eigenvalue weighted by molar-refractivity contribution is 0.414. The van der Waals surface area contributed by atoms with E-state index in [9.17, 15) is 0 Å². The summed E-state index contributed by atoms with van der Waals surface area (Å²) in [6.07, 6.45) is 8.24. The number of nitrogens with zero attached hydrogens (tertiary/aromatic N) is 1. The number of pyridine rings is 1. The summed E-state index contributed by atoms with van der Waals surface area (Å²) in [6.45, 7) is 5.22. The van der Waals surface area contributed by atoms with Crippen molar-refractivity contribution in [2.75, 3.05) is 12.4 Å². The summed E-state index contributed by atoms with van der Waals surface area (Å²) in [5, 5.41) is 4.72. The maximum absolute atomic E-state index is 5.26. The summed E-state index contributed by atoms with van der Waals surface area (Å²) < 4.78 is 6.34. The van der Waals surface area contributed by atoms with E-state index in [-0.39, 0.29) is 0 Å². The Kier molecular flexibility index (Phi) is 8.32. The highest BCUT2D eigenvalue weighted by molar-refractivity contribution is 9.10. The minimum Gasteiger partial charge on any atom is -0.497 e. The van der Waals surface area contributed by atoms with E-state index in [1.165, 1.54) is 24.0 Å². The molecule has 0 spiro atoms. The third kappa shape index (κ3) is 6.09. The third-order valence-corrected chi connectivity index (χ3v) is 5.70. The van der Waals surface area contributed by atoms with Crippen LogP contribution in [0.2, 0.25) is 0 Å². The molecule has 158 valence electrons. The summed E-state index contributed by atoms with van der Waals surface area (Å²) in [6, 6.07) is 16.7. The molecule has 0 saturated carbocycles. The zero-order valence-corrected chi connectivity index (χ0v) is 19.8. The Labute approximate surface area is 188 Å². The molecule has 0 unspecified atom stereocenters. The van der Waals surface area contributed by atoms with E-state index >= 15 is 0 Å². The second-order valence-corrected chi connectivity index (χ2v) is 8.54. The number of rotatable bonds is 10. The number of hydrogen-bond acceptors (Lipinski definition) is 3. The Hall–Kier alpha value is -2.33. The number of fused-ring (bicyclic) bond motifs is 1. The van der Waals surface area contributed by atoms with Crippen LogP contribution in [-0.2, 0) is 6.54 Å². The molecule has 1 aromatic heterocycles. The summed E-state index contributed by atoms with van der Waals surface area (Å²) in [5.41, 5.74) is 4.86. The van der Waals surface area contributed by atoms with E-state index in [0.717, 1.165) is 58.3 Å². The lowest BCUT2D eigenvalue weighted by Gasteiger charge is -2.13. The highest BCUT2D eigenvalue weighted by atomic mass is 79.9. The smallest absolute Gasteiger partial charge is 0.134 e. The van der Waals surface area contributed by atoms with Crippen molar-refractivity contribution in [2.24, 2.45) is 0 Å². The second-order valence-electron chi connectivity index (χ2n) is 7.62. The van der Waals surface area contributed by atoms with Crippen molar-refractivity contribution in [3.63, 3.8) is 0 Å². The number of aromatic nitrogens is 1. The number of hydrogen-bond donors (Lipinski definition) is 1. The number of allylic oxidation sites excluding steroid dienone is 1. The fourth-order valence-corrected chi connectivity index (χ4v) is 3.94. The molecule has 3 nitrogen and oxygen atoms in total. The molecule has 30 heavy (non-hydrogen) atoms. The van der Waals surface area contributed by atoms with Crippen molar-refractivity contribution in [1.29, 1.82) is 0 Å². The minimum absolute atomic E-state index is 0.720. The first kappa shape index (κ1) is 22.4. The Bertz CT molecular complexity index is 996. The van der Waals surface area contributed by atoms with Crippen LogP contribution in [0.5, 0.6) is 5.75 Å². The van der Waals surface area contributed by atoms with Crippen LogP contribution in [0.3, 0.4) is 0 Å². The van der Waals surface area contributed by atoms with Gasteiger partial charge in [0.25, 0.3) is 0 Å². The quantitative estimate of drug-likeness (QED) is 0.328. The number of nitrogens with one attached hydrogen (secondary N) is 1. The van der Waals surface area contributed by atoms with Gasteiger partial charge in [0.2, 0.25) is 0 Å². The van der Waals surface area contributed by atoms with Gasteiger partial charge >= 0.3 is 0 Å². The standard InChI is InChI=1S/C26H31BrN2O/c1-4-6-8-19(7-5-2)15-22-16-21-17-23(27)11-14-25(21)29-26(22)28-18-20-9-12-24(30-3)13-10-20/h9-17H,4-8,18H2,1-3H3,(H,28,29)/b19-15-. The van der Waals surface area contributed by atoms with Gasteiger partial charge in [0.05, 0.1) is 12.6 Å². The van der Waals surface area contributed by atoms with Crippen LogP contribution in [0, 0.1) is 0 Å². The molecule has 0 radical (unpaired) electrons. The first-order valence-electron chi connectivity index (χ1n) is 10.8. The Morgan fingerprint density at radius 3 is 2.53 bits per heavy atom. The fourth-order valence-electron chi connectivity index (χ4n) is 3.56. The molecular formula is C26H31BrN2O. The number of ether oxygens (including phenoxy) is 1. The third-order valence-electron chi connectivity index (χ3n) is 5.21. The van der Waals surface area contributed by atoms with Crippen molar-refractivity contribution in [3.8, 4) is 5.75 Å². The molecule has 0 atom stereocenters. The lowest BCUT2D eigenvalue weighted by Crippen LogP contribution is -2.04. The van der Waals surface area contributed by atoms with Crippen LogP contribution in [-0.4, -0.2) is 12.1 Å². The normalized spacial score (nSPS) is 11.7. The van der Waals surface area contributed by atoms with Gasteiger partial charge in [0, 0.05) is 22.0 Å². The zero-order valence-electron chi connectivity index (χ0n) is 18.2. The Balaban J connectivity index is 1.94. The zero-order chi connectivity index (χ0) is 21.3. The summed E-state index contributed by atoms with van der Waals surface area (Å²) in [7, 11) is 1.69. The molecule has 0 aliphatic carbocycles. The molecule has 1 heterocycles. The van der Waals surface area contributed by atoms with Gasteiger partial charge in [0.15, 0.2) is 0 Å². The van der Waals surface area contributed by atoms with Crippen LogP contribution in [0.15, 0.2) is 58.6 Å². The molecule has 3 aromatic rings. The maximum atomic E-state index is 5.26. The minimum atomic E-state index is 0.720. The number of halogens is 1. The largest absolute Gasteiger partial charge is 0.497 e. The number of unbranched alkanes of at least 4 members (excludes halogenated alkanes) is 1. The van der Waals surface area contributed by atoms with Crippen molar-refractivity contribution in [2.45, 2.75) is 52.5 Å². The first-order valence-corrected chi connectivity index (χ1v) is 11.6. The maximum Gasteiger partial charge on any atom is 0.134 e. The number of anilines is 1. The van der Waals surface area contributed by atoms with Gasteiger partial charge in [-0.25, -0.2) is 4.98 Å². The van der Waals surface area contributed by atoms with Gasteiger partial charge in [-0.15, -0.1) is 0 Å². The van der Waals surface area contributed by atoms with E-state index in [0.29, 0.717) is 0 Å². The molecule has 0 fully saturated rings. The molecule has 0 aliphatic rings. The highest BCUT2D eigenvalue weighted by Crippen LogP contribution is 2.28. The van der Waals surface area contributed by atoms with Crippen LogP contribution in [0.25, 0.3) is 17.0 Å². The van der Waals surface area contributed by atoms with Crippen molar-refractivity contribution in [3.05, 3.63) is 69.7 Å². The lowest BCUT2D eigenvalue weighted by atomic mass is 10.0. The molecular weight excluding hydrogens is 436 g/mol. The van der Waals surface area contributed by atoms with E-state index in [4.69, 9.17) is 9.72 Å².